The van der Waals surface area contributed by atoms with Crippen molar-refractivity contribution in [1.82, 2.24) is 10.2 Å². The Morgan fingerprint density at radius 1 is 0.935 bits per heavy atom. The third-order valence-corrected chi connectivity index (χ3v) is 6.19. The average Bonchev–Trinajstić information content (AvgIpc) is 3.27. The maximum absolute atomic E-state index is 12.8. The topological polar surface area (TPSA) is 44.4 Å². The van der Waals surface area contributed by atoms with Gasteiger partial charge in [0, 0.05) is 37.8 Å². The largest absolute Gasteiger partial charge is 0.387 e. The Morgan fingerprint density at radius 3 is 2.19 bits per heavy atom. The third-order valence-electron chi connectivity index (χ3n) is 6.19. The third kappa shape index (κ3) is 5.33. The van der Waals surface area contributed by atoms with Crippen LogP contribution in [-0.4, -0.2) is 43.5 Å². The van der Waals surface area contributed by atoms with E-state index in [1.54, 1.807) is 0 Å². The molecule has 1 amide bonds. The van der Waals surface area contributed by atoms with Crippen LogP contribution in [0.15, 0.2) is 84.9 Å². The predicted octanol–water partition coefficient (Wildman–Crippen LogP) is 4.75. The van der Waals surface area contributed by atoms with Crippen LogP contribution in [0.2, 0.25) is 0 Å². The molecular weight excluding hydrogens is 382 g/mol. The summed E-state index contributed by atoms with van der Waals surface area (Å²) in [5.41, 5.74) is 4.29. The molecule has 3 aromatic rings. The summed E-state index contributed by atoms with van der Waals surface area (Å²) in [6, 6.07) is 29.4. The second-order valence-corrected chi connectivity index (χ2v) is 8.22. The number of carbonyl (C=O) groups excluding carboxylic acids is 1. The minimum atomic E-state index is 0.00301. The van der Waals surface area contributed by atoms with Gasteiger partial charge in [-0.1, -0.05) is 72.8 Å². The van der Waals surface area contributed by atoms with Gasteiger partial charge >= 0.3 is 0 Å². The molecule has 4 heteroatoms. The number of likely N-dealkylation sites (tertiary alicyclic amines) is 1. The van der Waals surface area contributed by atoms with E-state index < -0.39 is 0 Å². The molecule has 1 atom stereocenters. The van der Waals surface area contributed by atoms with Crippen molar-refractivity contribution in [3.63, 3.8) is 0 Å². The summed E-state index contributed by atoms with van der Waals surface area (Å²) in [6.45, 7) is 2.95. The van der Waals surface area contributed by atoms with Crippen LogP contribution in [0.3, 0.4) is 0 Å². The summed E-state index contributed by atoms with van der Waals surface area (Å²) in [5.74, 6) is 0.391. The molecule has 0 spiro atoms. The van der Waals surface area contributed by atoms with Crippen LogP contribution < -0.4 is 10.6 Å². The Hall–Kier alpha value is -3.11. The minimum Gasteiger partial charge on any atom is -0.387 e. The smallest absolute Gasteiger partial charge is 0.253 e. The number of hydrogen-bond acceptors (Lipinski definition) is 3. The van der Waals surface area contributed by atoms with Crippen LogP contribution in [0.1, 0.15) is 40.2 Å². The molecule has 0 aliphatic carbocycles. The molecule has 2 N–H and O–H groups in total. The van der Waals surface area contributed by atoms with Gasteiger partial charge in [-0.05, 0) is 42.6 Å². The zero-order chi connectivity index (χ0) is 21.5. The van der Waals surface area contributed by atoms with Crippen LogP contribution in [0.25, 0.3) is 0 Å². The molecule has 4 nitrogen and oxygen atoms in total. The second kappa shape index (κ2) is 10.3. The standard InChI is InChI=1S/C27H31N3O/c1-28-26-15-9-8-14-25(26)27(31)29-23-16-18-30(20-23)19-17-24(21-10-4-2-5-11-21)22-12-6-3-7-13-22/h2-15,23-24,28H,16-20H2,1H3,(H,29,31). The molecule has 1 heterocycles. The summed E-state index contributed by atoms with van der Waals surface area (Å²) in [5, 5.41) is 6.33. The number of carbonyl (C=O) groups is 1. The van der Waals surface area contributed by atoms with E-state index in [1.165, 1.54) is 11.1 Å². The molecule has 3 aromatic carbocycles. The lowest BCUT2D eigenvalue weighted by Crippen LogP contribution is -2.37. The van der Waals surface area contributed by atoms with Crippen LogP contribution in [0.5, 0.6) is 0 Å². The Morgan fingerprint density at radius 2 is 1.55 bits per heavy atom. The van der Waals surface area contributed by atoms with Crippen molar-refractivity contribution in [2.45, 2.75) is 24.8 Å². The van der Waals surface area contributed by atoms with Gasteiger partial charge in [-0.25, -0.2) is 0 Å². The van der Waals surface area contributed by atoms with Gasteiger partial charge in [0.25, 0.3) is 5.91 Å². The van der Waals surface area contributed by atoms with Crippen molar-refractivity contribution in [3.8, 4) is 0 Å². The molecule has 1 aliphatic rings. The normalized spacial score (nSPS) is 16.4. The Labute approximate surface area is 185 Å². The van der Waals surface area contributed by atoms with E-state index in [4.69, 9.17) is 0 Å². The highest BCUT2D eigenvalue weighted by molar-refractivity contribution is 5.99. The number of nitrogens with one attached hydrogen (secondary N) is 2. The molecular formula is C27H31N3O. The Kier molecular flexibility index (Phi) is 7.00. The van der Waals surface area contributed by atoms with Crippen molar-refractivity contribution < 1.29 is 4.79 Å². The van der Waals surface area contributed by atoms with Gasteiger partial charge in [0.1, 0.15) is 0 Å². The molecule has 0 radical (unpaired) electrons. The number of rotatable bonds is 8. The summed E-state index contributed by atoms with van der Waals surface area (Å²) in [4.78, 5) is 15.2. The molecule has 0 saturated carbocycles. The zero-order valence-corrected chi connectivity index (χ0v) is 18.1. The van der Waals surface area contributed by atoms with Crippen LogP contribution >= 0.6 is 0 Å². The van der Waals surface area contributed by atoms with Crippen molar-refractivity contribution in [1.29, 1.82) is 0 Å². The van der Waals surface area contributed by atoms with Crippen molar-refractivity contribution in [2.75, 3.05) is 32.0 Å². The fraction of sp³-hybridized carbons (Fsp3) is 0.296. The van der Waals surface area contributed by atoms with Crippen LogP contribution in [0, 0.1) is 0 Å². The maximum Gasteiger partial charge on any atom is 0.253 e. The molecule has 0 aromatic heterocycles. The fourth-order valence-corrected chi connectivity index (χ4v) is 4.52. The van der Waals surface area contributed by atoms with E-state index in [-0.39, 0.29) is 11.9 Å². The first kappa shape index (κ1) is 21.1. The summed E-state index contributed by atoms with van der Waals surface area (Å²) >= 11 is 0. The number of para-hydroxylation sites is 1. The molecule has 160 valence electrons. The van der Waals surface area contributed by atoms with Crippen molar-refractivity contribution in [3.05, 3.63) is 102 Å². The van der Waals surface area contributed by atoms with Gasteiger partial charge in [-0.15, -0.1) is 0 Å². The maximum atomic E-state index is 12.8. The molecule has 4 rings (SSSR count). The summed E-state index contributed by atoms with van der Waals surface area (Å²) in [7, 11) is 1.85. The van der Waals surface area contributed by atoms with E-state index in [1.807, 2.05) is 31.3 Å². The quantitative estimate of drug-likeness (QED) is 0.560. The monoisotopic (exact) mass is 413 g/mol. The lowest BCUT2D eigenvalue weighted by atomic mass is 9.88. The highest BCUT2D eigenvalue weighted by atomic mass is 16.1. The van der Waals surface area contributed by atoms with Crippen molar-refractivity contribution >= 4 is 11.6 Å². The molecule has 31 heavy (non-hydrogen) atoms. The number of hydrogen-bond donors (Lipinski definition) is 2. The predicted molar refractivity (Wildman–Crippen MR) is 128 cm³/mol. The molecule has 0 bridgehead atoms. The molecule has 1 aliphatic heterocycles. The SMILES string of the molecule is CNc1ccccc1C(=O)NC1CCN(CCC(c2ccccc2)c2ccccc2)C1. The van der Waals surface area contributed by atoms with E-state index in [2.05, 4.69) is 76.2 Å². The lowest BCUT2D eigenvalue weighted by Gasteiger charge is -2.22. The minimum absolute atomic E-state index is 0.00301. The summed E-state index contributed by atoms with van der Waals surface area (Å²) in [6.07, 6.45) is 2.06. The Balaban J connectivity index is 1.35. The van der Waals surface area contributed by atoms with E-state index >= 15 is 0 Å². The van der Waals surface area contributed by atoms with Gasteiger partial charge in [0.2, 0.25) is 0 Å². The number of nitrogens with zero attached hydrogens (tertiary/aromatic N) is 1. The second-order valence-electron chi connectivity index (χ2n) is 8.22. The molecule has 1 unspecified atom stereocenters. The van der Waals surface area contributed by atoms with Crippen molar-refractivity contribution in [2.24, 2.45) is 0 Å². The Bertz CT molecular complexity index is 935. The number of amides is 1. The van der Waals surface area contributed by atoms with Gasteiger partial charge in [0.05, 0.1) is 5.56 Å². The number of anilines is 1. The van der Waals surface area contributed by atoms with E-state index in [0.717, 1.165) is 38.2 Å². The zero-order valence-electron chi connectivity index (χ0n) is 18.1. The average molecular weight is 414 g/mol. The molecule has 1 fully saturated rings. The summed E-state index contributed by atoms with van der Waals surface area (Å²) < 4.78 is 0. The van der Waals surface area contributed by atoms with E-state index in [9.17, 15) is 4.79 Å². The first-order valence-corrected chi connectivity index (χ1v) is 11.1. The van der Waals surface area contributed by atoms with Gasteiger partial charge in [0.15, 0.2) is 0 Å². The van der Waals surface area contributed by atoms with Gasteiger partial charge in [-0.3, -0.25) is 4.79 Å². The van der Waals surface area contributed by atoms with E-state index in [0.29, 0.717) is 11.5 Å². The highest BCUT2D eigenvalue weighted by Gasteiger charge is 2.25. The first-order chi connectivity index (χ1) is 15.2. The molecule has 1 saturated heterocycles. The van der Waals surface area contributed by atoms with Gasteiger partial charge in [-0.2, -0.15) is 0 Å². The number of benzene rings is 3. The fourth-order valence-electron chi connectivity index (χ4n) is 4.52. The lowest BCUT2D eigenvalue weighted by molar-refractivity contribution is 0.0938. The highest BCUT2D eigenvalue weighted by Crippen LogP contribution is 2.28. The van der Waals surface area contributed by atoms with Crippen LogP contribution in [-0.2, 0) is 0 Å². The first-order valence-electron chi connectivity index (χ1n) is 11.1. The van der Waals surface area contributed by atoms with Gasteiger partial charge < -0.3 is 15.5 Å². The van der Waals surface area contributed by atoms with Crippen LogP contribution in [0.4, 0.5) is 5.69 Å².